The minimum Gasteiger partial charge on any atom is -0.477 e. The van der Waals surface area contributed by atoms with Crippen molar-refractivity contribution in [2.24, 2.45) is 11.5 Å². The summed E-state index contributed by atoms with van der Waals surface area (Å²) in [4.78, 5) is 24.9. The molecular weight excluding hydrogens is 262 g/mol. The van der Waals surface area contributed by atoms with Gasteiger partial charge in [0.05, 0.1) is 18.8 Å². The molecule has 1 aromatic rings. The van der Waals surface area contributed by atoms with Crippen molar-refractivity contribution < 1.29 is 19.1 Å². The van der Waals surface area contributed by atoms with Crippen molar-refractivity contribution in [1.82, 2.24) is 0 Å². The van der Waals surface area contributed by atoms with Crippen LogP contribution in [0.25, 0.3) is 0 Å². The monoisotopic (exact) mass is 279 g/mol. The maximum Gasteiger partial charge on any atom is 0.260 e. The molecule has 1 unspecified atom stereocenters. The van der Waals surface area contributed by atoms with E-state index >= 15 is 0 Å². The average Bonchev–Trinajstić information content (AvgIpc) is 2.46. The Balaban J connectivity index is 2.18. The lowest BCUT2D eigenvalue weighted by Gasteiger charge is -2.33. The molecule has 7 heteroatoms. The maximum atomic E-state index is 12.2. The van der Waals surface area contributed by atoms with Crippen LogP contribution in [-0.4, -0.2) is 44.2 Å². The van der Waals surface area contributed by atoms with Gasteiger partial charge in [0.1, 0.15) is 12.4 Å². The molecule has 0 bridgehead atoms. The van der Waals surface area contributed by atoms with Gasteiger partial charge in [-0.15, -0.1) is 0 Å². The molecule has 0 fully saturated rings. The Kier molecular flexibility index (Phi) is 4.54. The Labute approximate surface area is 116 Å². The highest BCUT2D eigenvalue weighted by Crippen LogP contribution is 2.33. The number of benzene rings is 1. The van der Waals surface area contributed by atoms with Crippen molar-refractivity contribution in [3.8, 4) is 5.75 Å². The van der Waals surface area contributed by atoms with Crippen LogP contribution < -0.4 is 21.1 Å². The molecule has 1 aliphatic heterocycles. The van der Waals surface area contributed by atoms with Gasteiger partial charge in [-0.2, -0.15) is 0 Å². The summed E-state index contributed by atoms with van der Waals surface area (Å²) < 4.78 is 10.6. The summed E-state index contributed by atoms with van der Waals surface area (Å²) in [6.45, 7) is 0.627. The first kappa shape index (κ1) is 14.3. The van der Waals surface area contributed by atoms with E-state index in [1.54, 1.807) is 24.3 Å². The predicted octanol–water partition coefficient (Wildman–Crippen LogP) is -0.759. The molecule has 0 saturated carbocycles. The first-order chi connectivity index (χ1) is 9.63. The van der Waals surface area contributed by atoms with E-state index in [2.05, 4.69) is 0 Å². The van der Waals surface area contributed by atoms with Crippen molar-refractivity contribution in [1.29, 1.82) is 0 Å². The number of hydrogen-bond donors (Lipinski definition) is 2. The van der Waals surface area contributed by atoms with Gasteiger partial charge in [0, 0.05) is 6.54 Å². The molecular formula is C13H17N3O4. The van der Waals surface area contributed by atoms with Gasteiger partial charge in [0.2, 0.25) is 0 Å². The number of primary amides is 1. The summed E-state index contributed by atoms with van der Waals surface area (Å²) in [5, 5.41) is 0. The molecule has 2 amide bonds. The van der Waals surface area contributed by atoms with Crippen LogP contribution in [0, 0.1) is 0 Å². The van der Waals surface area contributed by atoms with Crippen LogP contribution in [0.4, 0.5) is 5.69 Å². The van der Waals surface area contributed by atoms with E-state index in [1.165, 1.54) is 4.90 Å². The van der Waals surface area contributed by atoms with Gasteiger partial charge in [-0.1, -0.05) is 12.1 Å². The number of nitrogens with two attached hydrogens (primary N) is 2. The highest BCUT2D eigenvalue weighted by molar-refractivity contribution is 5.97. The van der Waals surface area contributed by atoms with Gasteiger partial charge in [0.25, 0.3) is 11.8 Å². The third kappa shape index (κ3) is 3.06. The van der Waals surface area contributed by atoms with Gasteiger partial charge < -0.3 is 25.8 Å². The number of carbonyl (C=O) groups is 2. The number of rotatable bonds is 5. The highest BCUT2D eigenvalue weighted by atomic mass is 16.5. The smallest absolute Gasteiger partial charge is 0.260 e. The topological polar surface area (TPSA) is 108 Å². The van der Waals surface area contributed by atoms with Crippen molar-refractivity contribution in [2.45, 2.75) is 6.10 Å². The van der Waals surface area contributed by atoms with Crippen molar-refractivity contribution >= 4 is 17.5 Å². The molecule has 1 aromatic carbocycles. The van der Waals surface area contributed by atoms with Gasteiger partial charge >= 0.3 is 0 Å². The molecule has 0 aliphatic carbocycles. The number of nitrogens with zero attached hydrogens (tertiary/aromatic N) is 1. The van der Waals surface area contributed by atoms with Crippen LogP contribution >= 0.6 is 0 Å². The largest absolute Gasteiger partial charge is 0.477 e. The third-order valence-electron chi connectivity index (χ3n) is 2.88. The number of hydrogen-bond acceptors (Lipinski definition) is 5. The van der Waals surface area contributed by atoms with Gasteiger partial charge in [-0.05, 0) is 12.1 Å². The van der Waals surface area contributed by atoms with Crippen LogP contribution in [-0.2, 0) is 14.3 Å². The van der Waals surface area contributed by atoms with E-state index in [1.807, 2.05) is 0 Å². The second kappa shape index (κ2) is 6.36. The summed E-state index contributed by atoms with van der Waals surface area (Å²) >= 11 is 0. The minimum absolute atomic E-state index is 0.0805. The fourth-order valence-electron chi connectivity index (χ4n) is 1.94. The lowest BCUT2D eigenvalue weighted by atomic mass is 10.2. The number of ether oxygens (including phenoxy) is 2. The van der Waals surface area contributed by atoms with E-state index in [0.717, 1.165) is 0 Å². The van der Waals surface area contributed by atoms with Crippen LogP contribution in [0.3, 0.4) is 0 Å². The third-order valence-corrected chi connectivity index (χ3v) is 2.88. The minimum atomic E-state index is -0.858. The molecule has 108 valence electrons. The summed E-state index contributed by atoms with van der Waals surface area (Å²) in [6.07, 6.45) is -0.858. The molecule has 0 radical (unpaired) electrons. The fraction of sp³-hybridized carbons (Fsp3) is 0.385. The lowest BCUT2D eigenvalue weighted by Crippen LogP contribution is -2.50. The van der Waals surface area contributed by atoms with Crippen molar-refractivity contribution in [2.75, 3.05) is 31.2 Å². The van der Waals surface area contributed by atoms with E-state index in [-0.39, 0.29) is 19.1 Å². The molecule has 7 nitrogen and oxygen atoms in total. The molecule has 2 rings (SSSR count). The Hall–Kier alpha value is -2.12. The van der Waals surface area contributed by atoms with Crippen LogP contribution in [0.15, 0.2) is 24.3 Å². The van der Waals surface area contributed by atoms with Gasteiger partial charge in [0.15, 0.2) is 6.10 Å². The Morgan fingerprint density at radius 1 is 1.40 bits per heavy atom. The Bertz CT molecular complexity index is 506. The zero-order chi connectivity index (χ0) is 14.5. The van der Waals surface area contributed by atoms with Gasteiger partial charge in [-0.3, -0.25) is 9.59 Å². The highest BCUT2D eigenvalue weighted by Gasteiger charge is 2.32. The molecule has 0 aromatic heterocycles. The number of anilines is 1. The van der Waals surface area contributed by atoms with E-state index in [0.29, 0.717) is 24.6 Å². The maximum absolute atomic E-state index is 12.2. The standard InChI is InChI=1S/C13H17N3O4/c14-5-6-19-8-12(17)16-7-11(13(15)18)20-10-4-2-1-3-9(10)16/h1-4,11H,5-8,14H2,(H2,15,18). The molecule has 4 N–H and O–H groups in total. The first-order valence-corrected chi connectivity index (χ1v) is 6.26. The quantitative estimate of drug-likeness (QED) is 0.689. The number of amides is 2. The van der Waals surface area contributed by atoms with Crippen LogP contribution in [0.2, 0.25) is 0 Å². The molecule has 1 heterocycles. The van der Waals surface area contributed by atoms with Crippen molar-refractivity contribution in [3.63, 3.8) is 0 Å². The first-order valence-electron chi connectivity index (χ1n) is 6.26. The summed E-state index contributed by atoms with van der Waals surface area (Å²) in [5.74, 6) is -0.421. The zero-order valence-corrected chi connectivity index (χ0v) is 11.0. The number of para-hydroxylation sites is 2. The van der Waals surface area contributed by atoms with E-state index in [4.69, 9.17) is 20.9 Å². The molecule has 0 spiro atoms. The van der Waals surface area contributed by atoms with Gasteiger partial charge in [-0.25, -0.2) is 0 Å². The predicted molar refractivity (Wildman–Crippen MR) is 72.3 cm³/mol. The second-order valence-corrected chi connectivity index (χ2v) is 4.32. The number of fused-ring (bicyclic) bond motifs is 1. The molecule has 1 atom stereocenters. The zero-order valence-electron chi connectivity index (χ0n) is 11.0. The second-order valence-electron chi connectivity index (χ2n) is 4.32. The van der Waals surface area contributed by atoms with Crippen LogP contribution in [0.5, 0.6) is 5.75 Å². The summed E-state index contributed by atoms with van der Waals surface area (Å²) in [6, 6.07) is 6.97. The van der Waals surface area contributed by atoms with E-state index < -0.39 is 12.0 Å². The molecule has 0 saturated heterocycles. The lowest BCUT2D eigenvalue weighted by molar-refractivity contribution is -0.126. The molecule has 20 heavy (non-hydrogen) atoms. The average molecular weight is 279 g/mol. The Morgan fingerprint density at radius 3 is 2.85 bits per heavy atom. The number of carbonyl (C=O) groups excluding carboxylic acids is 2. The van der Waals surface area contributed by atoms with Crippen molar-refractivity contribution in [3.05, 3.63) is 24.3 Å². The van der Waals surface area contributed by atoms with E-state index in [9.17, 15) is 9.59 Å². The summed E-state index contributed by atoms with van der Waals surface area (Å²) in [5.41, 5.74) is 11.2. The fourth-order valence-corrected chi connectivity index (χ4v) is 1.94. The molecule has 1 aliphatic rings. The summed E-state index contributed by atoms with van der Waals surface area (Å²) in [7, 11) is 0. The Morgan fingerprint density at radius 2 is 2.15 bits per heavy atom. The SMILES string of the molecule is NCCOCC(=O)N1CC(C(N)=O)Oc2ccccc21. The van der Waals surface area contributed by atoms with Crippen LogP contribution in [0.1, 0.15) is 0 Å². The normalized spacial score (nSPS) is 17.2.